The lowest BCUT2D eigenvalue weighted by molar-refractivity contribution is -0.301. The van der Waals surface area contributed by atoms with E-state index in [1.54, 1.807) is 0 Å². The first kappa shape index (κ1) is 68.2. The van der Waals surface area contributed by atoms with Crippen molar-refractivity contribution in [2.45, 2.75) is 327 Å². The molecular weight excluding hydrogens is 925 g/mol. The topological polar surface area (TPSA) is 175 Å². The Labute approximate surface area is 445 Å². The Hall–Kier alpha value is -2.80. The Kier molecular flexibility index (Phi) is 46.8. The average molecular weight is 1040 g/mol. The van der Waals surface area contributed by atoms with Crippen molar-refractivity contribution in [3.8, 4) is 0 Å². The highest BCUT2D eigenvalue weighted by molar-refractivity contribution is 5.74. The van der Waals surface area contributed by atoms with Gasteiger partial charge >= 0.3 is 23.9 Å². The first-order valence-corrected chi connectivity index (χ1v) is 30.3. The molecule has 1 aliphatic heterocycles. The summed E-state index contributed by atoms with van der Waals surface area (Å²) in [7, 11) is 0. The molecule has 3 N–H and O–H groups in total. The molecule has 73 heavy (non-hydrogen) atoms. The van der Waals surface area contributed by atoms with E-state index in [9.17, 15) is 34.5 Å². The van der Waals surface area contributed by atoms with Crippen molar-refractivity contribution < 1.29 is 58.2 Å². The van der Waals surface area contributed by atoms with Crippen LogP contribution in [0.5, 0.6) is 0 Å². The molecule has 6 unspecified atom stereocenters. The van der Waals surface area contributed by atoms with Gasteiger partial charge in [-0.25, -0.2) is 4.79 Å². The fourth-order valence-corrected chi connectivity index (χ4v) is 9.30. The van der Waals surface area contributed by atoms with Crippen LogP contribution in [0.15, 0.2) is 24.3 Å². The number of rotatable bonds is 52. The molecule has 0 amide bonds. The third-order valence-electron chi connectivity index (χ3n) is 14.0. The second-order valence-electron chi connectivity index (χ2n) is 21.0. The number of esters is 3. The van der Waals surface area contributed by atoms with E-state index < -0.39 is 67.3 Å². The summed E-state index contributed by atoms with van der Waals surface area (Å²) in [5.74, 6) is -3.10. The van der Waals surface area contributed by atoms with E-state index in [1.807, 2.05) is 0 Å². The molecule has 1 saturated heterocycles. The van der Waals surface area contributed by atoms with Gasteiger partial charge in [0.15, 0.2) is 24.6 Å². The van der Waals surface area contributed by atoms with Crippen molar-refractivity contribution in [2.75, 3.05) is 13.2 Å². The molecule has 0 saturated carbocycles. The quantitative estimate of drug-likeness (QED) is 0.0228. The fourth-order valence-electron chi connectivity index (χ4n) is 9.30. The minimum absolute atomic E-state index is 0.0650. The number of carboxylic acid groups (broad SMARTS) is 1. The number of hydrogen-bond acceptors (Lipinski definition) is 11. The van der Waals surface area contributed by atoms with Crippen molar-refractivity contribution in [2.24, 2.45) is 0 Å². The smallest absolute Gasteiger partial charge is 0.335 e. The Morgan fingerprint density at radius 1 is 0.438 bits per heavy atom. The number of allylic oxidation sites excluding steroid dienone is 4. The third-order valence-corrected chi connectivity index (χ3v) is 14.0. The van der Waals surface area contributed by atoms with Gasteiger partial charge in [-0.3, -0.25) is 14.4 Å². The van der Waals surface area contributed by atoms with Gasteiger partial charge in [0.1, 0.15) is 18.8 Å². The van der Waals surface area contributed by atoms with Gasteiger partial charge in [0.05, 0.1) is 6.61 Å². The average Bonchev–Trinajstić information content (AvgIpc) is 3.37. The van der Waals surface area contributed by atoms with Crippen LogP contribution in [0.2, 0.25) is 0 Å². The summed E-state index contributed by atoms with van der Waals surface area (Å²) >= 11 is 0. The third kappa shape index (κ3) is 40.2. The highest BCUT2D eigenvalue weighted by Crippen LogP contribution is 2.27. The summed E-state index contributed by atoms with van der Waals surface area (Å²) in [6, 6.07) is 0. The molecule has 0 aromatic carbocycles. The molecule has 0 spiro atoms. The number of aliphatic hydroxyl groups is 2. The first-order chi connectivity index (χ1) is 35.6. The first-order valence-electron chi connectivity index (χ1n) is 30.3. The van der Waals surface area contributed by atoms with Crippen molar-refractivity contribution in [3.05, 3.63) is 24.3 Å². The number of hydrogen-bond donors (Lipinski definition) is 3. The molecule has 12 heteroatoms. The minimum atomic E-state index is -1.90. The second kappa shape index (κ2) is 50.0. The lowest BCUT2D eigenvalue weighted by atomic mass is 9.98. The van der Waals surface area contributed by atoms with Gasteiger partial charge in [-0.2, -0.15) is 0 Å². The Morgan fingerprint density at radius 2 is 0.781 bits per heavy atom. The Morgan fingerprint density at radius 3 is 1.18 bits per heavy atom. The number of carbonyl (C=O) groups excluding carboxylic acids is 3. The highest BCUT2D eigenvalue weighted by atomic mass is 16.7. The van der Waals surface area contributed by atoms with Crippen LogP contribution in [0.1, 0.15) is 290 Å². The van der Waals surface area contributed by atoms with Gasteiger partial charge in [-0.1, -0.05) is 225 Å². The Bertz CT molecular complexity index is 1370. The molecule has 1 fully saturated rings. The molecule has 1 rings (SSSR count). The van der Waals surface area contributed by atoms with Gasteiger partial charge in [-0.05, 0) is 70.6 Å². The standard InChI is InChI=1S/C61H110O12/c1-4-7-10-13-16-19-22-24-25-26-27-28-29-31-33-35-38-41-44-47-53(62)69-50-52(71-54(63)48-45-42-39-37-34-30-23-20-17-14-11-8-5-2)51-70-61-59(57(66)56(65)58(73-61)60(67)68)72-55(64)49-46-43-40-36-32-21-18-15-12-9-6-3/h20,23-25,52,56-59,61,65-66H,4-19,21-22,26-51H2,1-3H3,(H,67,68)/b23-20-,25-24-. The zero-order valence-corrected chi connectivity index (χ0v) is 46.9. The predicted octanol–water partition coefficient (Wildman–Crippen LogP) is 15.5. The van der Waals surface area contributed by atoms with E-state index in [-0.39, 0.29) is 25.9 Å². The SMILES string of the molecule is CCCCCC/C=C\CCCCCCCC(=O)OC(COC(=O)CCCCCCCCCCC/C=C\CCCCCCCC)COC1OC(C(=O)O)C(O)C(O)C1OC(=O)CCCCCCCCCCCCC. The summed E-state index contributed by atoms with van der Waals surface area (Å²) in [6.45, 7) is 5.97. The van der Waals surface area contributed by atoms with E-state index in [0.717, 1.165) is 83.5 Å². The van der Waals surface area contributed by atoms with Gasteiger partial charge in [0.25, 0.3) is 0 Å². The van der Waals surface area contributed by atoms with Crippen LogP contribution in [0.4, 0.5) is 0 Å². The number of aliphatic hydroxyl groups excluding tert-OH is 2. The largest absolute Gasteiger partial charge is 0.479 e. The number of carbonyl (C=O) groups is 4. The number of ether oxygens (including phenoxy) is 5. The van der Waals surface area contributed by atoms with Crippen molar-refractivity contribution in [3.63, 3.8) is 0 Å². The molecule has 6 atom stereocenters. The highest BCUT2D eigenvalue weighted by Gasteiger charge is 2.50. The number of aliphatic carboxylic acids is 1. The lowest BCUT2D eigenvalue weighted by Gasteiger charge is -2.40. The summed E-state index contributed by atoms with van der Waals surface area (Å²) < 4.78 is 28.4. The van der Waals surface area contributed by atoms with Crippen molar-refractivity contribution in [1.82, 2.24) is 0 Å². The fraction of sp³-hybridized carbons (Fsp3) is 0.869. The van der Waals surface area contributed by atoms with Crippen LogP contribution >= 0.6 is 0 Å². The second-order valence-corrected chi connectivity index (χ2v) is 21.0. The molecule has 0 radical (unpaired) electrons. The molecule has 426 valence electrons. The summed E-state index contributed by atoms with van der Waals surface area (Å²) in [6.07, 6.45) is 44.4. The van der Waals surface area contributed by atoms with E-state index in [0.29, 0.717) is 19.3 Å². The van der Waals surface area contributed by atoms with Crippen LogP contribution in [-0.4, -0.2) is 89.2 Å². The molecule has 0 aliphatic carbocycles. The zero-order valence-electron chi connectivity index (χ0n) is 46.9. The maximum atomic E-state index is 13.1. The minimum Gasteiger partial charge on any atom is -0.479 e. The summed E-state index contributed by atoms with van der Waals surface area (Å²) in [4.78, 5) is 51.1. The van der Waals surface area contributed by atoms with E-state index in [2.05, 4.69) is 45.1 Å². The zero-order chi connectivity index (χ0) is 53.3. The van der Waals surface area contributed by atoms with Crippen LogP contribution < -0.4 is 0 Å². The van der Waals surface area contributed by atoms with Gasteiger partial charge < -0.3 is 39.0 Å². The summed E-state index contributed by atoms with van der Waals surface area (Å²) in [5.41, 5.74) is 0. The van der Waals surface area contributed by atoms with Crippen molar-refractivity contribution in [1.29, 1.82) is 0 Å². The molecule has 0 bridgehead atoms. The molecular formula is C61H110O12. The van der Waals surface area contributed by atoms with Gasteiger partial charge in [-0.15, -0.1) is 0 Å². The molecule has 1 heterocycles. The van der Waals surface area contributed by atoms with Gasteiger partial charge in [0.2, 0.25) is 0 Å². The number of unbranched alkanes of at least 4 members (excludes halogenated alkanes) is 34. The monoisotopic (exact) mass is 1030 g/mol. The number of carboxylic acids is 1. The summed E-state index contributed by atoms with van der Waals surface area (Å²) in [5, 5.41) is 31.4. The molecule has 1 aliphatic rings. The molecule has 12 nitrogen and oxygen atoms in total. The van der Waals surface area contributed by atoms with Crippen LogP contribution in [0.3, 0.4) is 0 Å². The molecule has 0 aromatic rings. The van der Waals surface area contributed by atoms with E-state index in [1.165, 1.54) is 148 Å². The van der Waals surface area contributed by atoms with Crippen LogP contribution in [-0.2, 0) is 42.9 Å². The molecule has 0 aromatic heterocycles. The van der Waals surface area contributed by atoms with E-state index >= 15 is 0 Å². The van der Waals surface area contributed by atoms with Crippen LogP contribution in [0.25, 0.3) is 0 Å². The maximum absolute atomic E-state index is 13.1. The maximum Gasteiger partial charge on any atom is 0.335 e. The predicted molar refractivity (Wildman–Crippen MR) is 294 cm³/mol. The normalized spacial score (nSPS) is 18.4. The van der Waals surface area contributed by atoms with E-state index in [4.69, 9.17) is 23.7 Å². The van der Waals surface area contributed by atoms with Crippen LogP contribution in [0, 0.1) is 0 Å². The lowest BCUT2D eigenvalue weighted by Crippen LogP contribution is -2.61. The van der Waals surface area contributed by atoms with Crippen molar-refractivity contribution >= 4 is 23.9 Å². The Balaban J connectivity index is 2.65. The van der Waals surface area contributed by atoms with Gasteiger partial charge in [0, 0.05) is 19.3 Å².